The molecule has 102 valence electrons. The molecule has 2 fully saturated rings. The van der Waals surface area contributed by atoms with E-state index >= 15 is 0 Å². The first kappa shape index (κ1) is 12.7. The lowest BCUT2D eigenvalue weighted by Crippen LogP contribution is -2.39. The lowest BCUT2D eigenvalue weighted by atomic mass is 9.74. The smallest absolute Gasteiger partial charge is 0.222 e. The molecule has 0 radical (unpaired) electrons. The Hall–Kier alpha value is -1.35. The van der Waals surface area contributed by atoms with Crippen LogP contribution in [0, 0.1) is 18.8 Å². The molecule has 1 N–H and O–H groups in total. The first-order chi connectivity index (χ1) is 9.15. The van der Waals surface area contributed by atoms with Crippen LogP contribution in [-0.4, -0.2) is 35.1 Å². The molecule has 1 aromatic rings. The van der Waals surface area contributed by atoms with Crippen molar-refractivity contribution >= 4 is 5.91 Å². The number of carbonyl (C=O) groups excluding carboxylic acids is 1. The molecule has 2 aliphatic rings. The lowest BCUT2D eigenvalue weighted by molar-refractivity contribution is -0.130. The van der Waals surface area contributed by atoms with Gasteiger partial charge in [-0.2, -0.15) is 0 Å². The second-order valence-electron chi connectivity index (χ2n) is 5.95. The fourth-order valence-electron chi connectivity index (χ4n) is 3.36. The molecule has 1 saturated carbocycles. The van der Waals surface area contributed by atoms with Gasteiger partial charge in [-0.05, 0) is 36.8 Å². The van der Waals surface area contributed by atoms with Gasteiger partial charge in [0.05, 0.1) is 6.10 Å². The van der Waals surface area contributed by atoms with E-state index < -0.39 is 0 Å². The summed E-state index contributed by atoms with van der Waals surface area (Å²) in [6.45, 7) is 3.71. The van der Waals surface area contributed by atoms with Crippen molar-refractivity contribution in [3.8, 4) is 0 Å². The normalized spacial score (nSPS) is 28.9. The average Bonchev–Trinajstić information content (AvgIpc) is 2.75. The van der Waals surface area contributed by atoms with Crippen LogP contribution in [-0.2, 0) is 11.2 Å². The summed E-state index contributed by atoms with van der Waals surface area (Å²) in [4.78, 5) is 14.1. The predicted molar refractivity (Wildman–Crippen MR) is 73.7 cm³/mol. The predicted octanol–water partition coefficient (Wildman–Crippen LogP) is 1.77. The van der Waals surface area contributed by atoms with E-state index in [1.54, 1.807) is 0 Å². The maximum absolute atomic E-state index is 12.2. The van der Waals surface area contributed by atoms with Crippen LogP contribution in [0.2, 0.25) is 0 Å². The Morgan fingerprint density at radius 3 is 2.84 bits per heavy atom. The number of aryl methyl sites for hydroxylation is 2. The molecule has 1 amide bonds. The number of nitrogens with zero attached hydrogens (tertiary/aromatic N) is 1. The number of hydrogen-bond acceptors (Lipinski definition) is 2. The number of amides is 1. The molecule has 3 rings (SSSR count). The van der Waals surface area contributed by atoms with Crippen molar-refractivity contribution in [2.75, 3.05) is 13.1 Å². The Labute approximate surface area is 114 Å². The molecule has 0 aromatic heterocycles. The summed E-state index contributed by atoms with van der Waals surface area (Å²) in [5.74, 6) is 1.14. The molecular weight excluding hydrogens is 238 g/mol. The first-order valence-electron chi connectivity index (χ1n) is 7.15. The number of fused-ring (bicyclic) bond motifs is 1. The number of hydrogen-bond donors (Lipinski definition) is 1. The second-order valence-corrected chi connectivity index (χ2v) is 5.95. The molecule has 3 heteroatoms. The Balaban J connectivity index is 1.54. The highest BCUT2D eigenvalue weighted by atomic mass is 16.3. The summed E-state index contributed by atoms with van der Waals surface area (Å²) in [7, 11) is 0. The number of carbonyl (C=O) groups is 1. The van der Waals surface area contributed by atoms with E-state index in [2.05, 4.69) is 19.1 Å². The molecule has 3 atom stereocenters. The molecule has 1 aromatic carbocycles. The van der Waals surface area contributed by atoms with E-state index in [0.29, 0.717) is 18.3 Å². The van der Waals surface area contributed by atoms with Gasteiger partial charge in [0.2, 0.25) is 5.91 Å². The van der Waals surface area contributed by atoms with Crippen LogP contribution in [0.4, 0.5) is 0 Å². The zero-order valence-electron chi connectivity index (χ0n) is 11.4. The van der Waals surface area contributed by atoms with Gasteiger partial charge in [0.25, 0.3) is 0 Å². The summed E-state index contributed by atoms with van der Waals surface area (Å²) in [5, 5.41) is 9.62. The van der Waals surface area contributed by atoms with Crippen LogP contribution in [0.3, 0.4) is 0 Å². The molecule has 0 unspecified atom stereocenters. The zero-order chi connectivity index (χ0) is 13.4. The largest absolute Gasteiger partial charge is 0.393 e. The topological polar surface area (TPSA) is 40.5 Å². The second kappa shape index (κ2) is 4.97. The minimum absolute atomic E-state index is 0.167. The fraction of sp³-hybridized carbons (Fsp3) is 0.562. The number of rotatable bonds is 3. The highest BCUT2D eigenvalue weighted by molar-refractivity contribution is 5.77. The third-order valence-electron chi connectivity index (χ3n) is 4.75. The molecule has 1 saturated heterocycles. The maximum Gasteiger partial charge on any atom is 0.222 e. The molecule has 0 bridgehead atoms. The molecule has 1 heterocycles. The van der Waals surface area contributed by atoms with Crippen LogP contribution >= 0.6 is 0 Å². The molecular formula is C16H21NO2. The molecule has 0 spiro atoms. The van der Waals surface area contributed by atoms with Gasteiger partial charge in [0.15, 0.2) is 0 Å². The summed E-state index contributed by atoms with van der Waals surface area (Å²) in [5.41, 5.74) is 2.52. The fourth-order valence-corrected chi connectivity index (χ4v) is 3.36. The average molecular weight is 259 g/mol. The minimum Gasteiger partial charge on any atom is -0.393 e. The van der Waals surface area contributed by atoms with E-state index in [-0.39, 0.29) is 12.0 Å². The van der Waals surface area contributed by atoms with Gasteiger partial charge in [-0.3, -0.25) is 4.79 Å². The zero-order valence-corrected chi connectivity index (χ0v) is 11.4. The van der Waals surface area contributed by atoms with Crippen molar-refractivity contribution in [2.45, 2.75) is 32.3 Å². The van der Waals surface area contributed by atoms with Gasteiger partial charge < -0.3 is 10.0 Å². The van der Waals surface area contributed by atoms with Crippen molar-refractivity contribution in [3.63, 3.8) is 0 Å². The van der Waals surface area contributed by atoms with Gasteiger partial charge in [0, 0.05) is 25.4 Å². The van der Waals surface area contributed by atoms with E-state index in [1.165, 1.54) is 11.1 Å². The minimum atomic E-state index is -0.167. The Bertz CT molecular complexity index is 485. The van der Waals surface area contributed by atoms with Crippen LogP contribution in [0.25, 0.3) is 0 Å². The van der Waals surface area contributed by atoms with Crippen LogP contribution in [0.5, 0.6) is 0 Å². The van der Waals surface area contributed by atoms with Crippen molar-refractivity contribution < 1.29 is 9.90 Å². The summed E-state index contributed by atoms with van der Waals surface area (Å²) in [6.07, 6.45) is 2.12. The monoisotopic (exact) mass is 259 g/mol. The third kappa shape index (κ3) is 2.39. The van der Waals surface area contributed by atoms with E-state index in [4.69, 9.17) is 0 Å². The highest BCUT2D eigenvalue weighted by Crippen LogP contribution is 2.40. The van der Waals surface area contributed by atoms with Gasteiger partial charge in [-0.15, -0.1) is 0 Å². The SMILES string of the molecule is Cc1ccccc1CCC(=O)N1C[C@H]2C[C@@H](O)[C@H]2C1. The quantitative estimate of drug-likeness (QED) is 0.898. The van der Waals surface area contributed by atoms with Gasteiger partial charge in [-0.25, -0.2) is 0 Å². The summed E-state index contributed by atoms with van der Waals surface area (Å²) < 4.78 is 0. The van der Waals surface area contributed by atoms with Gasteiger partial charge in [0.1, 0.15) is 0 Å². The summed E-state index contributed by atoms with van der Waals surface area (Å²) in [6, 6.07) is 8.24. The number of aliphatic hydroxyl groups is 1. The van der Waals surface area contributed by atoms with Crippen LogP contribution in [0.1, 0.15) is 24.0 Å². The Morgan fingerprint density at radius 1 is 1.37 bits per heavy atom. The van der Waals surface area contributed by atoms with Crippen molar-refractivity contribution in [1.29, 1.82) is 0 Å². The highest BCUT2D eigenvalue weighted by Gasteiger charge is 2.47. The van der Waals surface area contributed by atoms with E-state index in [0.717, 1.165) is 25.9 Å². The van der Waals surface area contributed by atoms with Crippen LogP contribution in [0.15, 0.2) is 24.3 Å². The van der Waals surface area contributed by atoms with Gasteiger partial charge in [-0.1, -0.05) is 24.3 Å². The van der Waals surface area contributed by atoms with E-state index in [9.17, 15) is 9.90 Å². The first-order valence-corrected chi connectivity index (χ1v) is 7.15. The summed E-state index contributed by atoms with van der Waals surface area (Å²) >= 11 is 0. The third-order valence-corrected chi connectivity index (χ3v) is 4.75. The van der Waals surface area contributed by atoms with Crippen molar-refractivity contribution in [1.82, 2.24) is 4.90 Å². The number of likely N-dealkylation sites (tertiary alicyclic amines) is 1. The molecule has 3 nitrogen and oxygen atoms in total. The molecule has 1 aliphatic heterocycles. The van der Waals surface area contributed by atoms with E-state index in [1.807, 2.05) is 17.0 Å². The Kier molecular flexibility index (Phi) is 3.31. The number of benzene rings is 1. The van der Waals surface area contributed by atoms with Crippen LogP contribution < -0.4 is 0 Å². The number of aliphatic hydroxyl groups excluding tert-OH is 1. The van der Waals surface area contributed by atoms with Crippen molar-refractivity contribution in [2.24, 2.45) is 11.8 Å². The van der Waals surface area contributed by atoms with Crippen molar-refractivity contribution in [3.05, 3.63) is 35.4 Å². The van der Waals surface area contributed by atoms with Gasteiger partial charge >= 0.3 is 0 Å². The standard InChI is InChI=1S/C16H21NO2/c1-11-4-2-3-5-12(11)6-7-16(19)17-9-13-8-15(18)14(13)10-17/h2-5,13-15,18H,6-10H2,1H3/t13-,14+,15-/m1/s1. The molecule has 19 heavy (non-hydrogen) atoms. The lowest BCUT2D eigenvalue weighted by Gasteiger charge is -2.34. The Morgan fingerprint density at radius 2 is 2.16 bits per heavy atom. The maximum atomic E-state index is 12.2. The molecule has 1 aliphatic carbocycles.